The molecule has 2 nitrogen and oxygen atoms in total. The van der Waals surface area contributed by atoms with Crippen molar-refractivity contribution in [2.45, 2.75) is 33.1 Å². The Morgan fingerprint density at radius 1 is 1.11 bits per heavy atom. The topological polar surface area (TPSA) is 23.2 Å². The maximum Gasteiger partial charge on any atom is 0.146 e. The number of hydrogen-bond acceptors (Lipinski definition) is 1. The average Bonchev–Trinajstić information content (AvgIpc) is 2.34. The standard InChI is InChI=1S/C16H26NO.V/c1-14(2)13-17(3)11-10-16-8-6-15(7-9-16)5-4-12-18;/h6-9,13-14,18H,4-5,10-12H2,1-3H3;/q+1;. The molecule has 0 bridgehead atoms. The molecule has 0 saturated heterocycles. The van der Waals surface area contributed by atoms with Gasteiger partial charge in [-0.3, -0.25) is 0 Å². The SMILES string of the molecule is CC(C)C=[N+](C)CCc1ccc(CCCO)cc1.[V]. The van der Waals surface area contributed by atoms with Gasteiger partial charge in [-0.05, 0) is 24.0 Å². The number of benzene rings is 1. The molecule has 0 aliphatic heterocycles. The van der Waals surface area contributed by atoms with Crippen molar-refractivity contribution in [2.24, 2.45) is 5.92 Å². The average molecular weight is 299 g/mol. The molecule has 0 aromatic heterocycles. The maximum absolute atomic E-state index is 8.79. The third kappa shape index (κ3) is 8.25. The van der Waals surface area contributed by atoms with E-state index in [0.29, 0.717) is 5.92 Å². The predicted molar refractivity (Wildman–Crippen MR) is 77.5 cm³/mol. The Kier molecular flexibility index (Phi) is 9.94. The summed E-state index contributed by atoms with van der Waals surface area (Å²) in [6.45, 7) is 5.74. The van der Waals surface area contributed by atoms with Crippen molar-refractivity contribution in [3.8, 4) is 0 Å². The van der Waals surface area contributed by atoms with E-state index in [4.69, 9.17) is 5.11 Å². The summed E-state index contributed by atoms with van der Waals surface area (Å²) in [6.07, 6.45) is 5.17. The molecule has 0 aliphatic carbocycles. The molecule has 1 aromatic carbocycles. The van der Waals surface area contributed by atoms with Crippen LogP contribution in [0.3, 0.4) is 0 Å². The summed E-state index contributed by atoms with van der Waals surface area (Å²) >= 11 is 0. The minimum Gasteiger partial charge on any atom is -0.396 e. The second-order valence-electron chi connectivity index (χ2n) is 5.27. The zero-order chi connectivity index (χ0) is 13.4. The molecule has 1 radical (unpaired) electrons. The van der Waals surface area contributed by atoms with Crippen LogP contribution in [0.15, 0.2) is 24.3 Å². The third-order valence-electron chi connectivity index (χ3n) is 2.95. The fourth-order valence-corrected chi connectivity index (χ4v) is 2.04. The van der Waals surface area contributed by atoms with Crippen LogP contribution in [0.2, 0.25) is 0 Å². The van der Waals surface area contributed by atoms with E-state index in [1.165, 1.54) is 11.1 Å². The molecule has 0 heterocycles. The monoisotopic (exact) mass is 299 g/mol. The van der Waals surface area contributed by atoms with Crippen LogP contribution in [-0.4, -0.2) is 36.1 Å². The van der Waals surface area contributed by atoms with Gasteiger partial charge in [-0.25, -0.2) is 4.58 Å². The molecular formula is C16H26NOV+. The van der Waals surface area contributed by atoms with Crippen molar-refractivity contribution in [1.29, 1.82) is 0 Å². The first-order valence-electron chi connectivity index (χ1n) is 6.85. The first kappa shape index (κ1) is 18.4. The largest absolute Gasteiger partial charge is 0.396 e. The molecule has 1 aromatic rings. The van der Waals surface area contributed by atoms with Gasteiger partial charge < -0.3 is 5.11 Å². The Bertz CT molecular complexity index is 371. The number of hydrogen-bond donors (Lipinski definition) is 1. The molecule has 0 amide bonds. The van der Waals surface area contributed by atoms with E-state index in [2.05, 4.69) is 56.0 Å². The first-order valence-corrected chi connectivity index (χ1v) is 6.85. The Hall–Kier alpha value is -0.566. The Labute approximate surface area is 129 Å². The minimum absolute atomic E-state index is 0. The molecule has 1 N–H and O–H groups in total. The van der Waals surface area contributed by atoms with Crippen molar-refractivity contribution in [3.63, 3.8) is 0 Å². The number of nitrogens with zero attached hydrogens (tertiary/aromatic N) is 1. The summed E-state index contributed by atoms with van der Waals surface area (Å²) < 4.78 is 2.27. The fourth-order valence-electron chi connectivity index (χ4n) is 2.04. The van der Waals surface area contributed by atoms with Crippen molar-refractivity contribution >= 4 is 6.21 Å². The number of aliphatic hydroxyl groups is 1. The van der Waals surface area contributed by atoms with Gasteiger partial charge in [0.15, 0.2) is 0 Å². The van der Waals surface area contributed by atoms with E-state index in [9.17, 15) is 0 Å². The van der Waals surface area contributed by atoms with Gasteiger partial charge in [-0.15, -0.1) is 0 Å². The van der Waals surface area contributed by atoms with Crippen LogP contribution in [-0.2, 0) is 31.4 Å². The number of likely N-dealkylation sites (N-methyl/N-ethyl adjacent to an activating group) is 1. The van der Waals surface area contributed by atoms with Gasteiger partial charge in [-0.2, -0.15) is 0 Å². The van der Waals surface area contributed by atoms with E-state index in [1.807, 2.05) is 0 Å². The van der Waals surface area contributed by atoms with E-state index >= 15 is 0 Å². The second kappa shape index (κ2) is 10.2. The summed E-state index contributed by atoms with van der Waals surface area (Å²) in [5, 5.41) is 8.79. The van der Waals surface area contributed by atoms with Gasteiger partial charge in [0.1, 0.15) is 19.8 Å². The molecule has 19 heavy (non-hydrogen) atoms. The second-order valence-corrected chi connectivity index (χ2v) is 5.27. The number of aryl methyl sites for hydroxylation is 1. The summed E-state index contributed by atoms with van der Waals surface area (Å²) in [7, 11) is 2.13. The molecule has 0 fully saturated rings. The molecule has 0 atom stereocenters. The summed E-state index contributed by atoms with van der Waals surface area (Å²) in [4.78, 5) is 0. The van der Waals surface area contributed by atoms with Crippen molar-refractivity contribution in [2.75, 3.05) is 20.2 Å². The van der Waals surface area contributed by atoms with E-state index < -0.39 is 0 Å². The first-order chi connectivity index (χ1) is 8.61. The predicted octanol–water partition coefficient (Wildman–Crippen LogP) is 2.52. The van der Waals surface area contributed by atoms with Crippen molar-refractivity contribution < 1.29 is 28.2 Å². The summed E-state index contributed by atoms with van der Waals surface area (Å²) in [5.74, 6) is 0.607. The zero-order valence-corrected chi connectivity index (χ0v) is 13.7. The zero-order valence-electron chi connectivity index (χ0n) is 12.3. The van der Waals surface area contributed by atoms with Gasteiger partial charge in [0.2, 0.25) is 0 Å². The number of aliphatic hydroxyl groups excluding tert-OH is 1. The van der Waals surface area contributed by atoms with Crippen LogP contribution >= 0.6 is 0 Å². The van der Waals surface area contributed by atoms with E-state index in [0.717, 1.165) is 25.8 Å². The molecule has 0 saturated carbocycles. The van der Waals surface area contributed by atoms with Crippen LogP contribution in [0, 0.1) is 5.92 Å². The van der Waals surface area contributed by atoms with Gasteiger partial charge in [0.05, 0.1) is 0 Å². The smallest absolute Gasteiger partial charge is 0.146 e. The van der Waals surface area contributed by atoms with Gasteiger partial charge in [0.25, 0.3) is 0 Å². The quantitative estimate of drug-likeness (QED) is 0.607. The minimum atomic E-state index is 0. The van der Waals surface area contributed by atoms with Crippen LogP contribution in [0.1, 0.15) is 31.4 Å². The Balaban J connectivity index is 0.00000324. The fraction of sp³-hybridized carbons (Fsp3) is 0.562. The van der Waals surface area contributed by atoms with E-state index in [1.54, 1.807) is 0 Å². The molecule has 0 aliphatic rings. The molecule has 105 valence electrons. The van der Waals surface area contributed by atoms with E-state index in [-0.39, 0.29) is 25.2 Å². The molecule has 1 rings (SSSR count). The number of rotatable bonds is 7. The van der Waals surface area contributed by atoms with Crippen LogP contribution < -0.4 is 0 Å². The molecular weight excluding hydrogens is 273 g/mol. The van der Waals surface area contributed by atoms with Gasteiger partial charge in [0, 0.05) is 37.5 Å². The van der Waals surface area contributed by atoms with Gasteiger partial charge in [-0.1, -0.05) is 38.1 Å². The normalized spacial score (nSPS) is 11.5. The molecule has 0 unspecified atom stereocenters. The van der Waals surface area contributed by atoms with Crippen LogP contribution in [0.4, 0.5) is 0 Å². The van der Waals surface area contributed by atoms with Crippen LogP contribution in [0.5, 0.6) is 0 Å². The van der Waals surface area contributed by atoms with Crippen LogP contribution in [0.25, 0.3) is 0 Å². The Morgan fingerprint density at radius 3 is 2.11 bits per heavy atom. The maximum atomic E-state index is 8.79. The third-order valence-corrected chi connectivity index (χ3v) is 2.95. The van der Waals surface area contributed by atoms with Gasteiger partial charge >= 0.3 is 0 Å². The van der Waals surface area contributed by atoms with Crippen molar-refractivity contribution in [1.82, 2.24) is 0 Å². The molecule has 0 spiro atoms. The Morgan fingerprint density at radius 2 is 1.63 bits per heavy atom. The summed E-state index contributed by atoms with van der Waals surface area (Å²) in [6, 6.07) is 8.76. The summed E-state index contributed by atoms with van der Waals surface area (Å²) in [5.41, 5.74) is 2.70. The molecule has 3 heteroatoms. The van der Waals surface area contributed by atoms with Crippen molar-refractivity contribution in [3.05, 3.63) is 35.4 Å².